The summed E-state index contributed by atoms with van der Waals surface area (Å²) >= 11 is 2.39. The maximum Gasteiger partial charge on any atom is 0.0636 e. The van der Waals surface area contributed by atoms with E-state index in [1.165, 1.54) is 5.56 Å². The van der Waals surface area contributed by atoms with E-state index in [-0.39, 0.29) is 0 Å². The van der Waals surface area contributed by atoms with Gasteiger partial charge in [-0.1, -0.05) is 22.6 Å². The van der Waals surface area contributed by atoms with Crippen LogP contribution in [0.5, 0.6) is 0 Å². The van der Waals surface area contributed by atoms with E-state index in [4.69, 9.17) is 0 Å². The van der Waals surface area contributed by atoms with Crippen molar-refractivity contribution >= 4 is 22.6 Å². The largest absolute Gasteiger partial charge is 0.275 e. The Hall–Kier alpha value is -0.0600. The van der Waals surface area contributed by atoms with Crippen LogP contribution in [-0.2, 0) is 7.05 Å². The van der Waals surface area contributed by atoms with Crippen molar-refractivity contribution in [3.8, 4) is 0 Å². The van der Waals surface area contributed by atoms with Crippen LogP contribution in [0.2, 0.25) is 0 Å². The summed E-state index contributed by atoms with van der Waals surface area (Å²) in [7, 11) is 1.95. The van der Waals surface area contributed by atoms with Gasteiger partial charge in [-0.25, -0.2) is 0 Å². The van der Waals surface area contributed by atoms with E-state index >= 15 is 0 Å². The van der Waals surface area contributed by atoms with Gasteiger partial charge in [-0.3, -0.25) is 4.68 Å². The summed E-state index contributed by atoms with van der Waals surface area (Å²) in [6, 6.07) is 0. The number of rotatable bonds is 1. The standard InChI is InChI=1S/C7H11IN2/c1-5(8)7-4-10(3)9-6(7)2/h4-5H,1-3H3. The molecule has 0 saturated heterocycles. The molecule has 1 heterocycles. The first kappa shape index (κ1) is 8.04. The van der Waals surface area contributed by atoms with Crippen LogP contribution in [0, 0.1) is 6.92 Å². The Morgan fingerprint density at radius 1 is 1.70 bits per heavy atom. The zero-order chi connectivity index (χ0) is 7.72. The molecular weight excluding hydrogens is 239 g/mol. The molecule has 56 valence electrons. The van der Waals surface area contributed by atoms with Crippen molar-refractivity contribution in [2.75, 3.05) is 0 Å². The fraction of sp³-hybridized carbons (Fsp3) is 0.571. The molecule has 0 aliphatic carbocycles. The smallest absolute Gasteiger partial charge is 0.0636 e. The van der Waals surface area contributed by atoms with Crippen LogP contribution in [-0.4, -0.2) is 9.78 Å². The zero-order valence-corrected chi connectivity index (χ0v) is 8.58. The summed E-state index contributed by atoms with van der Waals surface area (Å²) < 4.78 is 2.42. The van der Waals surface area contributed by atoms with Gasteiger partial charge in [0.25, 0.3) is 0 Å². The molecule has 0 spiro atoms. The van der Waals surface area contributed by atoms with E-state index in [1.807, 2.05) is 18.7 Å². The highest BCUT2D eigenvalue weighted by molar-refractivity contribution is 14.1. The zero-order valence-electron chi connectivity index (χ0n) is 6.43. The Morgan fingerprint density at radius 2 is 2.30 bits per heavy atom. The summed E-state index contributed by atoms with van der Waals surface area (Å²) in [6.45, 7) is 4.22. The fourth-order valence-electron chi connectivity index (χ4n) is 1.01. The summed E-state index contributed by atoms with van der Waals surface area (Å²) in [5.41, 5.74) is 2.48. The summed E-state index contributed by atoms with van der Waals surface area (Å²) in [5.74, 6) is 0. The van der Waals surface area contributed by atoms with Gasteiger partial charge in [0.2, 0.25) is 0 Å². The molecule has 0 aromatic carbocycles. The van der Waals surface area contributed by atoms with Crippen LogP contribution in [0.4, 0.5) is 0 Å². The number of hydrogen-bond donors (Lipinski definition) is 0. The molecule has 2 nitrogen and oxygen atoms in total. The van der Waals surface area contributed by atoms with Crippen molar-refractivity contribution in [3.05, 3.63) is 17.5 Å². The predicted octanol–water partition coefficient (Wildman–Crippen LogP) is 2.22. The van der Waals surface area contributed by atoms with Crippen LogP contribution in [0.3, 0.4) is 0 Å². The van der Waals surface area contributed by atoms with E-state index < -0.39 is 0 Å². The first-order chi connectivity index (χ1) is 4.61. The lowest BCUT2D eigenvalue weighted by atomic mass is 10.2. The molecule has 1 aromatic heterocycles. The highest BCUT2D eigenvalue weighted by Crippen LogP contribution is 2.23. The number of aryl methyl sites for hydroxylation is 2. The molecular formula is C7H11IN2. The van der Waals surface area contributed by atoms with Gasteiger partial charge in [-0.15, -0.1) is 0 Å². The van der Waals surface area contributed by atoms with Crippen molar-refractivity contribution in [1.82, 2.24) is 9.78 Å². The van der Waals surface area contributed by atoms with Gasteiger partial charge in [0, 0.05) is 22.7 Å². The Bertz CT molecular complexity index is 228. The van der Waals surface area contributed by atoms with E-state index in [0.29, 0.717) is 3.92 Å². The molecule has 0 saturated carbocycles. The molecule has 1 atom stereocenters. The Morgan fingerprint density at radius 3 is 2.50 bits per heavy atom. The maximum absolute atomic E-state index is 4.24. The van der Waals surface area contributed by atoms with Crippen LogP contribution in [0.25, 0.3) is 0 Å². The van der Waals surface area contributed by atoms with Crippen LogP contribution >= 0.6 is 22.6 Å². The lowest BCUT2D eigenvalue weighted by Gasteiger charge is -1.97. The first-order valence-electron chi connectivity index (χ1n) is 3.25. The Balaban J connectivity index is 3.03. The molecule has 1 aromatic rings. The second kappa shape index (κ2) is 2.90. The van der Waals surface area contributed by atoms with Gasteiger partial charge < -0.3 is 0 Å². The van der Waals surface area contributed by atoms with Crippen LogP contribution < -0.4 is 0 Å². The Labute approximate surface area is 74.8 Å². The number of halogens is 1. The second-order valence-corrected chi connectivity index (χ2v) is 4.33. The third-order valence-electron chi connectivity index (χ3n) is 1.48. The molecule has 0 aliphatic heterocycles. The molecule has 10 heavy (non-hydrogen) atoms. The summed E-state index contributed by atoms with van der Waals surface area (Å²) in [6.07, 6.45) is 2.08. The number of alkyl halides is 1. The number of nitrogens with zero attached hydrogens (tertiary/aromatic N) is 2. The molecule has 0 amide bonds. The van der Waals surface area contributed by atoms with Crippen molar-refractivity contribution in [2.24, 2.45) is 7.05 Å². The first-order valence-corrected chi connectivity index (χ1v) is 4.50. The normalized spacial score (nSPS) is 13.6. The predicted molar refractivity (Wildman–Crippen MR) is 50.4 cm³/mol. The molecule has 0 aliphatic rings. The third-order valence-corrected chi connectivity index (χ3v) is 2.15. The average molecular weight is 250 g/mol. The molecule has 0 fully saturated rings. The fourth-order valence-corrected chi connectivity index (χ4v) is 1.62. The van der Waals surface area contributed by atoms with Crippen molar-refractivity contribution < 1.29 is 0 Å². The summed E-state index contributed by atoms with van der Waals surface area (Å²) in [5, 5.41) is 4.24. The van der Waals surface area contributed by atoms with Gasteiger partial charge in [-0.2, -0.15) is 5.10 Å². The highest BCUT2D eigenvalue weighted by Gasteiger charge is 2.06. The minimum atomic E-state index is 0.561. The van der Waals surface area contributed by atoms with Gasteiger partial charge in [0.05, 0.1) is 5.69 Å². The van der Waals surface area contributed by atoms with Gasteiger partial charge in [0.1, 0.15) is 0 Å². The lowest BCUT2D eigenvalue weighted by molar-refractivity contribution is 0.756. The van der Waals surface area contributed by atoms with Gasteiger partial charge >= 0.3 is 0 Å². The Kier molecular flexibility index (Phi) is 2.33. The number of aromatic nitrogens is 2. The average Bonchev–Trinajstić information content (AvgIpc) is 2.10. The number of hydrogen-bond acceptors (Lipinski definition) is 1. The van der Waals surface area contributed by atoms with E-state index in [9.17, 15) is 0 Å². The quantitative estimate of drug-likeness (QED) is 0.552. The minimum Gasteiger partial charge on any atom is -0.275 e. The molecule has 1 unspecified atom stereocenters. The maximum atomic E-state index is 4.24. The van der Waals surface area contributed by atoms with E-state index in [1.54, 1.807) is 0 Å². The molecule has 0 N–H and O–H groups in total. The minimum absolute atomic E-state index is 0.561. The van der Waals surface area contributed by atoms with Crippen molar-refractivity contribution in [3.63, 3.8) is 0 Å². The van der Waals surface area contributed by atoms with Crippen molar-refractivity contribution in [2.45, 2.75) is 17.8 Å². The van der Waals surface area contributed by atoms with Gasteiger partial charge in [0.15, 0.2) is 0 Å². The van der Waals surface area contributed by atoms with E-state index in [0.717, 1.165) is 5.69 Å². The lowest BCUT2D eigenvalue weighted by Crippen LogP contribution is -1.86. The molecule has 0 radical (unpaired) electrons. The second-order valence-electron chi connectivity index (χ2n) is 2.46. The monoisotopic (exact) mass is 250 g/mol. The third kappa shape index (κ3) is 1.51. The molecule has 3 heteroatoms. The molecule has 0 bridgehead atoms. The summed E-state index contributed by atoms with van der Waals surface area (Å²) in [4.78, 5) is 0. The topological polar surface area (TPSA) is 17.8 Å². The van der Waals surface area contributed by atoms with Crippen LogP contribution in [0.1, 0.15) is 22.1 Å². The van der Waals surface area contributed by atoms with Crippen LogP contribution in [0.15, 0.2) is 6.20 Å². The van der Waals surface area contributed by atoms with Gasteiger partial charge in [-0.05, 0) is 13.8 Å². The highest BCUT2D eigenvalue weighted by atomic mass is 127. The SMILES string of the molecule is Cc1nn(C)cc1C(C)I. The molecule has 1 rings (SSSR count). The van der Waals surface area contributed by atoms with Crippen molar-refractivity contribution in [1.29, 1.82) is 0 Å². The van der Waals surface area contributed by atoms with E-state index in [2.05, 4.69) is 40.8 Å².